The first-order valence-corrected chi connectivity index (χ1v) is 8.07. The van der Waals surface area contributed by atoms with Crippen LogP contribution < -0.4 is 10.1 Å². The molecule has 0 aliphatic carbocycles. The second-order valence-electron chi connectivity index (χ2n) is 5.71. The highest BCUT2D eigenvalue weighted by atomic mass is 32.1. The molecule has 1 aromatic heterocycles. The monoisotopic (exact) mass is 301 g/mol. The molecule has 2 aromatic rings. The van der Waals surface area contributed by atoms with Gasteiger partial charge in [0.2, 0.25) is 0 Å². The summed E-state index contributed by atoms with van der Waals surface area (Å²) in [5.74, 6) is 0.887. The molecule has 1 N–H and O–H groups in total. The van der Waals surface area contributed by atoms with E-state index in [-0.39, 0.29) is 5.41 Å². The van der Waals surface area contributed by atoms with Crippen LogP contribution in [-0.2, 0) is 12.0 Å². The zero-order valence-corrected chi connectivity index (χ0v) is 13.6. The van der Waals surface area contributed by atoms with Crippen LogP contribution in [0.3, 0.4) is 0 Å². The lowest BCUT2D eigenvalue weighted by molar-refractivity contribution is 0.363. The van der Waals surface area contributed by atoms with Crippen molar-refractivity contribution in [3.63, 3.8) is 0 Å². The molecule has 0 saturated carbocycles. The summed E-state index contributed by atoms with van der Waals surface area (Å²) in [5.41, 5.74) is 1.43. The van der Waals surface area contributed by atoms with Gasteiger partial charge in [-0.3, -0.25) is 0 Å². The largest absolute Gasteiger partial charge is 0.490 e. The van der Waals surface area contributed by atoms with Gasteiger partial charge in [-0.2, -0.15) is 0 Å². The van der Waals surface area contributed by atoms with E-state index in [4.69, 9.17) is 4.74 Å². The van der Waals surface area contributed by atoms with Gasteiger partial charge in [-0.15, -0.1) is 11.3 Å². The van der Waals surface area contributed by atoms with E-state index in [1.807, 2.05) is 23.5 Å². The molecule has 1 heterocycles. The van der Waals surface area contributed by atoms with E-state index in [1.165, 1.54) is 10.4 Å². The normalized spacial score (nSPS) is 11.3. The summed E-state index contributed by atoms with van der Waals surface area (Å²) in [6, 6.07) is 12.5. The first kappa shape index (κ1) is 15.8. The van der Waals surface area contributed by atoms with Gasteiger partial charge < -0.3 is 10.1 Å². The maximum atomic E-state index is 5.48. The van der Waals surface area contributed by atoms with Crippen LogP contribution in [0, 0.1) is 0 Å². The Bertz CT molecular complexity index is 543. The van der Waals surface area contributed by atoms with Gasteiger partial charge in [0.1, 0.15) is 12.4 Å². The molecule has 0 bridgehead atoms. The van der Waals surface area contributed by atoms with Gasteiger partial charge in [0.15, 0.2) is 0 Å². The third-order valence-electron chi connectivity index (χ3n) is 3.38. The number of thiophene rings is 1. The lowest BCUT2D eigenvalue weighted by atomic mass is 9.91. The third-order valence-corrected chi connectivity index (χ3v) is 4.61. The van der Waals surface area contributed by atoms with Crippen molar-refractivity contribution in [2.24, 2.45) is 0 Å². The Hall–Kier alpha value is -1.58. The summed E-state index contributed by atoms with van der Waals surface area (Å²) in [6.45, 7) is 10.6. The first-order chi connectivity index (χ1) is 10.1. The van der Waals surface area contributed by atoms with E-state index >= 15 is 0 Å². The minimum Gasteiger partial charge on any atom is -0.490 e. The van der Waals surface area contributed by atoms with E-state index in [0.717, 1.165) is 18.8 Å². The van der Waals surface area contributed by atoms with Gasteiger partial charge in [-0.25, -0.2) is 0 Å². The standard InChI is InChI=1S/C18H23NOS/c1-4-11-20-16-9-7-15(8-10-16)13-19-14-18(2,3)17-6-5-12-21-17/h4-10,12,19H,1,11,13-14H2,2-3H3. The van der Waals surface area contributed by atoms with Crippen LogP contribution in [0.4, 0.5) is 0 Å². The van der Waals surface area contributed by atoms with Crippen LogP contribution in [0.15, 0.2) is 54.4 Å². The van der Waals surface area contributed by atoms with E-state index < -0.39 is 0 Å². The average molecular weight is 301 g/mol. The highest BCUT2D eigenvalue weighted by Crippen LogP contribution is 2.26. The lowest BCUT2D eigenvalue weighted by Crippen LogP contribution is -2.31. The fourth-order valence-corrected chi connectivity index (χ4v) is 2.98. The minimum atomic E-state index is 0.168. The predicted octanol–water partition coefficient (Wildman–Crippen LogP) is 4.38. The van der Waals surface area contributed by atoms with Crippen molar-refractivity contribution in [2.45, 2.75) is 25.8 Å². The van der Waals surface area contributed by atoms with Crippen LogP contribution in [0.1, 0.15) is 24.3 Å². The minimum absolute atomic E-state index is 0.168. The molecule has 2 rings (SSSR count). The van der Waals surface area contributed by atoms with E-state index in [1.54, 1.807) is 6.08 Å². The van der Waals surface area contributed by atoms with Gasteiger partial charge in [0.05, 0.1) is 0 Å². The molecule has 0 radical (unpaired) electrons. The second kappa shape index (κ2) is 7.43. The Balaban J connectivity index is 1.82. The molecule has 3 heteroatoms. The summed E-state index contributed by atoms with van der Waals surface area (Å²) < 4.78 is 5.48. The van der Waals surface area contributed by atoms with Crippen LogP contribution >= 0.6 is 11.3 Å². The number of benzene rings is 1. The maximum absolute atomic E-state index is 5.48. The molecule has 0 spiro atoms. The fraction of sp³-hybridized carbons (Fsp3) is 0.333. The van der Waals surface area contributed by atoms with Crippen molar-refractivity contribution in [1.82, 2.24) is 5.32 Å². The molecule has 0 aliphatic heterocycles. The molecule has 2 nitrogen and oxygen atoms in total. The second-order valence-corrected chi connectivity index (χ2v) is 6.66. The molecule has 0 aliphatic rings. The molecule has 0 atom stereocenters. The molecule has 112 valence electrons. The van der Waals surface area contributed by atoms with E-state index in [9.17, 15) is 0 Å². The van der Waals surface area contributed by atoms with Crippen LogP contribution in [0.2, 0.25) is 0 Å². The number of nitrogens with one attached hydrogen (secondary N) is 1. The van der Waals surface area contributed by atoms with Crippen LogP contribution in [-0.4, -0.2) is 13.2 Å². The fourth-order valence-electron chi connectivity index (χ4n) is 2.13. The smallest absolute Gasteiger partial charge is 0.119 e. The average Bonchev–Trinajstić information content (AvgIpc) is 3.01. The highest BCUT2D eigenvalue weighted by molar-refractivity contribution is 7.10. The summed E-state index contributed by atoms with van der Waals surface area (Å²) >= 11 is 1.82. The summed E-state index contributed by atoms with van der Waals surface area (Å²) in [6.07, 6.45) is 1.75. The number of ether oxygens (including phenoxy) is 1. The van der Waals surface area contributed by atoms with Crippen molar-refractivity contribution in [1.29, 1.82) is 0 Å². The number of hydrogen-bond donors (Lipinski definition) is 1. The first-order valence-electron chi connectivity index (χ1n) is 7.19. The molecule has 21 heavy (non-hydrogen) atoms. The predicted molar refractivity (Wildman–Crippen MR) is 91.2 cm³/mol. The van der Waals surface area contributed by atoms with Crippen molar-refractivity contribution >= 4 is 11.3 Å². The SMILES string of the molecule is C=CCOc1ccc(CNCC(C)(C)c2cccs2)cc1. The highest BCUT2D eigenvalue weighted by Gasteiger charge is 2.20. The molecule has 0 fully saturated rings. The Morgan fingerprint density at radius 3 is 2.62 bits per heavy atom. The Morgan fingerprint density at radius 2 is 2.00 bits per heavy atom. The summed E-state index contributed by atoms with van der Waals surface area (Å²) in [4.78, 5) is 1.42. The van der Waals surface area contributed by atoms with Gasteiger partial charge in [-0.05, 0) is 29.1 Å². The molecule has 1 aromatic carbocycles. The van der Waals surface area contributed by atoms with Gasteiger partial charge >= 0.3 is 0 Å². The topological polar surface area (TPSA) is 21.3 Å². The molecular weight excluding hydrogens is 278 g/mol. The number of rotatable bonds is 8. The van der Waals surface area contributed by atoms with E-state index in [0.29, 0.717) is 6.61 Å². The van der Waals surface area contributed by atoms with Crippen molar-refractivity contribution in [2.75, 3.05) is 13.2 Å². The van der Waals surface area contributed by atoms with Gasteiger partial charge in [0, 0.05) is 23.4 Å². The maximum Gasteiger partial charge on any atom is 0.119 e. The van der Waals surface area contributed by atoms with Crippen molar-refractivity contribution in [3.05, 3.63) is 64.9 Å². The molecule has 0 unspecified atom stereocenters. The number of hydrogen-bond acceptors (Lipinski definition) is 3. The van der Waals surface area contributed by atoms with Crippen molar-refractivity contribution < 1.29 is 4.74 Å². The van der Waals surface area contributed by atoms with Crippen molar-refractivity contribution in [3.8, 4) is 5.75 Å². The van der Waals surface area contributed by atoms with Crippen LogP contribution in [0.25, 0.3) is 0 Å². The van der Waals surface area contributed by atoms with Crippen LogP contribution in [0.5, 0.6) is 5.75 Å². The zero-order valence-electron chi connectivity index (χ0n) is 12.8. The third kappa shape index (κ3) is 4.73. The van der Waals surface area contributed by atoms with Gasteiger partial charge in [0.25, 0.3) is 0 Å². The molecule has 0 amide bonds. The molecular formula is C18H23NOS. The Kier molecular flexibility index (Phi) is 5.59. The quantitative estimate of drug-likeness (QED) is 0.731. The van der Waals surface area contributed by atoms with Gasteiger partial charge in [-0.1, -0.05) is 44.7 Å². The zero-order chi connectivity index (χ0) is 15.1. The van der Waals surface area contributed by atoms with E-state index in [2.05, 4.69) is 55.4 Å². The molecule has 0 saturated heterocycles. The summed E-state index contributed by atoms with van der Waals surface area (Å²) in [5, 5.41) is 5.68. The Morgan fingerprint density at radius 1 is 1.24 bits per heavy atom. The Labute approximate surface area is 131 Å². The lowest BCUT2D eigenvalue weighted by Gasteiger charge is -2.23. The summed E-state index contributed by atoms with van der Waals surface area (Å²) in [7, 11) is 0.